The molecule has 0 radical (unpaired) electrons. The molecule has 2 rings (SSSR count). The minimum Gasteiger partial charge on any atom is -0.481 e. The predicted octanol–water partition coefficient (Wildman–Crippen LogP) is 1.03. The Hall–Kier alpha value is -0.420. The maximum atomic E-state index is 11.9. The molecule has 2 unspecified atom stereocenters. The zero-order valence-electron chi connectivity index (χ0n) is 9.31. The number of carboxylic acid groups (broad SMARTS) is 1. The summed E-state index contributed by atoms with van der Waals surface area (Å²) in [7, 11) is -0.877. The van der Waals surface area contributed by atoms with Crippen LogP contribution in [-0.4, -0.2) is 40.0 Å². The third-order valence-electron chi connectivity index (χ3n) is 3.40. The highest BCUT2D eigenvalue weighted by molar-refractivity contribution is 7.85. The first-order chi connectivity index (χ1) is 7.60. The quantitative estimate of drug-likeness (QED) is 0.760. The fraction of sp³-hybridized carbons (Fsp3) is 0.909. The van der Waals surface area contributed by atoms with E-state index in [-0.39, 0.29) is 11.8 Å². The predicted molar refractivity (Wildman–Crippen MR) is 60.7 cm³/mol. The second-order valence-electron chi connectivity index (χ2n) is 5.05. The van der Waals surface area contributed by atoms with Crippen molar-refractivity contribution in [2.24, 2.45) is 11.3 Å². The Balaban J connectivity index is 1.76. The van der Waals surface area contributed by atoms with E-state index in [2.05, 4.69) is 0 Å². The molecule has 4 nitrogen and oxygen atoms in total. The number of carboxylic acids is 1. The van der Waals surface area contributed by atoms with Gasteiger partial charge in [0.15, 0.2) is 0 Å². The molecule has 5 heteroatoms. The molecule has 1 N–H and O–H groups in total. The molecule has 16 heavy (non-hydrogen) atoms. The van der Waals surface area contributed by atoms with E-state index in [0.29, 0.717) is 17.4 Å². The lowest BCUT2D eigenvalue weighted by Crippen LogP contribution is -2.21. The van der Waals surface area contributed by atoms with Crippen LogP contribution < -0.4 is 0 Å². The van der Waals surface area contributed by atoms with Crippen molar-refractivity contribution in [3.63, 3.8) is 0 Å². The Labute approximate surface area is 97.8 Å². The van der Waals surface area contributed by atoms with Crippen molar-refractivity contribution in [3.05, 3.63) is 0 Å². The smallest absolute Gasteiger partial charge is 0.303 e. The van der Waals surface area contributed by atoms with Crippen LogP contribution >= 0.6 is 0 Å². The Morgan fingerprint density at radius 3 is 2.75 bits per heavy atom. The molecule has 2 fully saturated rings. The van der Waals surface area contributed by atoms with Crippen molar-refractivity contribution < 1.29 is 18.8 Å². The van der Waals surface area contributed by atoms with E-state index in [1.165, 1.54) is 0 Å². The van der Waals surface area contributed by atoms with Gasteiger partial charge in [0.05, 0.1) is 13.0 Å². The molecule has 1 aliphatic carbocycles. The van der Waals surface area contributed by atoms with Gasteiger partial charge in [0, 0.05) is 28.9 Å². The molecule has 0 bridgehead atoms. The molecule has 2 atom stereocenters. The fourth-order valence-electron chi connectivity index (χ4n) is 2.25. The molecule has 1 heterocycles. The molecular weight excluding hydrogens is 228 g/mol. The number of hydrogen-bond donors (Lipinski definition) is 1. The Kier molecular flexibility index (Phi) is 3.64. The number of aliphatic carboxylic acids is 1. The molecule has 0 spiro atoms. The third-order valence-corrected chi connectivity index (χ3v) is 5.17. The van der Waals surface area contributed by atoms with Gasteiger partial charge in [-0.15, -0.1) is 0 Å². The summed E-state index contributed by atoms with van der Waals surface area (Å²) < 4.78 is 17.1. The van der Waals surface area contributed by atoms with E-state index in [4.69, 9.17) is 9.84 Å². The van der Waals surface area contributed by atoms with Gasteiger partial charge in [-0.05, 0) is 30.6 Å². The minimum absolute atomic E-state index is 0.143. The molecule has 2 aliphatic rings. The van der Waals surface area contributed by atoms with Crippen LogP contribution in [0.4, 0.5) is 0 Å². The number of rotatable bonds is 6. The van der Waals surface area contributed by atoms with Crippen molar-refractivity contribution in [2.75, 3.05) is 24.7 Å². The van der Waals surface area contributed by atoms with E-state index in [9.17, 15) is 9.00 Å². The van der Waals surface area contributed by atoms with E-state index < -0.39 is 16.8 Å². The third kappa shape index (κ3) is 3.28. The highest BCUT2D eigenvalue weighted by atomic mass is 32.2. The molecule has 1 aliphatic heterocycles. The summed E-state index contributed by atoms with van der Waals surface area (Å²) in [4.78, 5) is 10.7. The maximum absolute atomic E-state index is 11.9. The van der Waals surface area contributed by atoms with Gasteiger partial charge in [0.2, 0.25) is 0 Å². The number of carbonyl (C=O) groups is 1. The highest BCUT2D eigenvalue weighted by Crippen LogP contribution is 2.49. The fourth-order valence-corrected chi connectivity index (χ4v) is 4.23. The maximum Gasteiger partial charge on any atom is 0.303 e. The topological polar surface area (TPSA) is 63.6 Å². The second kappa shape index (κ2) is 4.84. The van der Waals surface area contributed by atoms with Crippen LogP contribution in [0.1, 0.15) is 25.7 Å². The Bertz CT molecular complexity index is 292. The first-order valence-electron chi connectivity index (χ1n) is 5.74. The van der Waals surface area contributed by atoms with Crippen LogP contribution in [0.25, 0.3) is 0 Å². The van der Waals surface area contributed by atoms with E-state index in [1.54, 1.807) is 0 Å². The normalized spacial score (nSPS) is 28.9. The summed E-state index contributed by atoms with van der Waals surface area (Å²) in [5.74, 6) is 0.900. The Morgan fingerprint density at radius 1 is 1.50 bits per heavy atom. The lowest BCUT2D eigenvalue weighted by molar-refractivity contribution is -0.138. The molecule has 0 aromatic heterocycles. The van der Waals surface area contributed by atoms with Gasteiger partial charge in [-0.3, -0.25) is 9.00 Å². The van der Waals surface area contributed by atoms with Gasteiger partial charge in [0.1, 0.15) is 0 Å². The second-order valence-corrected chi connectivity index (χ2v) is 6.55. The van der Waals surface area contributed by atoms with Gasteiger partial charge in [-0.1, -0.05) is 0 Å². The molecule has 0 aromatic rings. The van der Waals surface area contributed by atoms with Crippen molar-refractivity contribution in [1.29, 1.82) is 0 Å². The molecule has 0 amide bonds. The Morgan fingerprint density at radius 2 is 2.25 bits per heavy atom. The van der Waals surface area contributed by atoms with Crippen LogP contribution in [0.3, 0.4) is 0 Å². The summed E-state index contributed by atoms with van der Waals surface area (Å²) in [5, 5.41) is 8.77. The van der Waals surface area contributed by atoms with Gasteiger partial charge in [-0.25, -0.2) is 0 Å². The monoisotopic (exact) mass is 246 g/mol. The first-order valence-corrected chi connectivity index (χ1v) is 7.23. The van der Waals surface area contributed by atoms with E-state index in [1.807, 2.05) is 0 Å². The number of ether oxygens (including phenoxy) is 1. The first kappa shape index (κ1) is 12.0. The van der Waals surface area contributed by atoms with E-state index in [0.717, 1.165) is 32.5 Å². The van der Waals surface area contributed by atoms with Crippen LogP contribution in [0, 0.1) is 11.3 Å². The van der Waals surface area contributed by atoms with Crippen molar-refractivity contribution >= 4 is 16.8 Å². The average molecular weight is 246 g/mol. The van der Waals surface area contributed by atoms with Gasteiger partial charge >= 0.3 is 5.97 Å². The summed E-state index contributed by atoms with van der Waals surface area (Å²) in [6.45, 7) is 1.50. The summed E-state index contributed by atoms with van der Waals surface area (Å²) in [5.41, 5.74) is -0.143. The molecule has 0 aromatic carbocycles. The van der Waals surface area contributed by atoms with Gasteiger partial charge in [-0.2, -0.15) is 0 Å². The van der Waals surface area contributed by atoms with Crippen LogP contribution in [-0.2, 0) is 20.3 Å². The van der Waals surface area contributed by atoms with Crippen LogP contribution in [0.2, 0.25) is 0 Å². The van der Waals surface area contributed by atoms with Crippen LogP contribution in [0.15, 0.2) is 0 Å². The summed E-state index contributed by atoms with van der Waals surface area (Å²) >= 11 is 0. The largest absolute Gasteiger partial charge is 0.481 e. The van der Waals surface area contributed by atoms with E-state index >= 15 is 0 Å². The zero-order chi connectivity index (χ0) is 11.6. The SMILES string of the molecule is O=C(O)CC1(CS(=O)CC2CCOC2)CC1. The zero-order valence-corrected chi connectivity index (χ0v) is 10.1. The van der Waals surface area contributed by atoms with Gasteiger partial charge in [0.25, 0.3) is 0 Å². The summed E-state index contributed by atoms with van der Waals surface area (Å²) in [6.07, 6.45) is 3.02. The average Bonchev–Trinajstić information content (AvgIpc) is 2.74. The highest BCUT2D eigenvalue weighted by Gasteiger charge is 2.45. The molecule has 92 valence electrons. The van der Waals surface area contributed by atoms with Crippen LogP contribution in [0.5, 0.6) is 0 Å². The number of hydrogen-bond acceptors (Lipinski definition) is 3. The summed E-state index contributed by atoms with van der Waals surface area (Å²) in [6, 6.07) is 0. The van der Waals surface area contributed by atoms with Gasteiger partial charge < -0.3 is 9.84 Å². The standard InChI is InChI=1S/C11H18O4S/c12-10(13)5-11(2-3-11)8-16(14)7-9-1-4-15-6-9/h9H,1-8H2,(H,12,13). The van der Waals surface area contributed by atoms with Crippen molar-refractivity contribution in [1.82, 2.24) is 0 Å². The van der Waals surface area contributed by atoms with Crippen molar-refractivity contribution in [2.45, 2.75) is 25.7 Å². The molecular formula is C11H18O4S. The molecule has 1 saturated heterocycles. The molecule has 1 saturated carbocycles. The lowest BCUT2D eigenvalue weighted by atomic mass is 10.1. The minimum atomic E-state index is -0.877. The van der Waals surface area contributed by atoms with Crippen molar-refractivity contribution in [3.8, 4) is 0 Å². The lowest BCUT2D eigenvalue weighted by Gasteiger charge is -2.13.